The lowest BCUT2D eigenvalue weighted by Crippen LogP contribution is -2.46. The number of morpholine rings is 1. The van der Waals surface area contributed by atoms with E-state index < -0.39 is 0 Å². The number of carbonyl (C=O) groups is 1. The first-order valence-corrected chi connectivity index (χ1v) is 6.83. The second-order valence-corrected chi connectivity index (χ2v) is 5.14. The van der Waals surface area contributed by atoms with Gasteiger partial charge in [-0.15, -0.1) is 0 Å². The number of furan rings is 1. The lowest BCUT2D eigenvalue weighted by molar-refractivity contribution is -0.0679. The predicted octanol–water partition coefficient (Wildman–Crippen LogP) is 1.51. The van der Waals surface area contributed by atoms with E-state index in [4.69, 9.17) is 9.15 Å². The highest BCUT2D eigenvalue weighted by Crippen LogP contribution is 2.10. The summed E-state index contributed by atoms with van der Waals surface area (Å²) in [7, 11) is 0. The van der Waals surface area contributed by atoms with Gasteiger partial charge in [-0.05, 0) is 26.3 Å². The normalized spacial score (nSPS) is 24.3. The first-order chi connectivity index (χ1) is 9.15. The molecule has 0 aliphatic carbocycles. The molecule has 5 nitrogen and oxygen atoms in total. The van der Waals surface area contributed by atoms with Gasteiger partial charge in [0.15, 0.2) is 0 Å². The minimum Gasteiger partial charge on any atom is -0.472 e. The number of hydrogen-bond acceptors (Lipinski definition) is 4. The van der Waals surface area contributed by atoms with Gasteiger partial charge >= 0.3 is 0 Å². The monoisotopic (exact) mass is 266 g/mol. The van der Waals surface area contributed by atoms with E-state index in [1.807, 2.05) is 0 Å². The maximum absolute atomic E-state index is 11.7. The summed E-state index contributed by atoms with van der Waals surface area (Å²) in [6, 6.07) is 1.67. The molecule has 1 N–H and O–H groups in total. The number of nitrogens with one attached hydrogen (secondary N) is 1. The molecule has 1 aliphatic heterocycles. The zero-order valence-electron chi connectivity index (χ0n) is 11.6. The van der Waals surface area contributed by atoms with Gasteiger partial charge in [-0.1, -0.05) is 0 Å². The Bertz CT molecular complexity index is 381. The molecule has 106 valence electrons. The Hall–Kier alpha value is -1.33. The fraction of sp³-hybridized carbons (Fsp3) is 0.643. The van der Waals surface area contributed by atoms with Crippen molar-refractivity contribution in [3.05, 3.63) is 24.2 Å². The van der Waals surface area contributed by atoms with E-state index >= 15 is 0 Å². The second kappa shape index (κ2) is 6.73. The van der Waals surface area contributed by atoms with E-state index in [2.05, 4.69) is 24.1 Å². The number of rotatable bonds is 5. The smallest absolute Gasteiger partial charge is 0.254 e. The van der Waals surface area contributed by atoms with Crippen LogP contribution in [-0.2, 0) is 4.74 Å². The van der Waals surface area contributed by atoms with E-state index in [-0.39, 0.29) is 5.91 Å². The standard InChI is InChI=1S/C14H22N2O3/c1-11-8-16(9-12(2)19-11)6-3-5-15-14(17)13-4-7-18-10-13/h4,7,10-12H,3,5-6,8-9H2,1-2H3,(H,15,17). The number of nitrogens with zero attached hydrogens (tertiary/aromatic N) is 1. The van der Waals surface area contributed by atoms with Gasteiger partial charge < -0.3 is 14.5 Å². The Morgan fingerprint density at radius 1 is 1.42 bits per heavy atom. The van der Waals surface area contributed by atoms with Crippen LogP contribution < -0.4 is 5.32 Å². The van der Waals surface area contributed by atoms with Crippen molar-refractivity contribution in [1.29, 1.82) is 0 Å². The highest BCUT2D eigenvalue weighted by Gasteiger charge is 2.21. The highest BCUT2D eigenvalue weighted by molar-refractivity contribution is 5.93. The SMILES string of the molecule is CC1CN(CCCNC(=O)c2ccoc2)CC(C)O1. The average Bonchev–Trinajstić information content (AvgIpc) is 2.87. The van der Waals surface area contributed by atoms with E-state index in [0.29, 0.717) is 24.3 Å². The van der Waals surface area contributed by atoms with Crippen LogP contribution in [0, 0.1) is 0 Å². The van der Waals surface area contributed by atoms with Crippen molar-refractivity contribution in [2.24, 2.45) is 0 Å². The van der Waals surface area contributed by atoms with Gasteiger partial charge in [0.05, 0.1) is 24.0 Å². The molecule has 1 amide bonds. The maximum atomic E-state index is 11.7. The summed E-state index contributed by atoms with van der Waals surface area (Å²) in [6.07, 6.45) is 4.50. The third kappa shape index (κ3) is 4.36. The summed E-state index contributed by atoms with van der Waals surface area (Å²) in [6.45, 7) is 7.82. The first kappa shape index (κ1) is 14.1. The van der Waals surface area contributed by atoms with Crippen LogP contribution in [0.2, 0.25) is 0 Å². The molecule has 1 saturated heterocycles. The van der Waals surface area contributed by atoms with Gasteiger partial charge in [-0.2, -0.15) is 0 Å². The third-order valence-corrected chi connectivity index (χ3v) is 3.22. The summed E-state index contributed by atoms with van der Waals surface area (Å²) >= 11 is 0. The molecule has 0 bridgehead atoms. The lowest BCUT2D eigenvalue weighted by Gasteiger charge is -2.35. The highest BCUT2D eigenvalue weighted by atomic mass is 16.5. The minimum atomic E-state index is -0.0718. The van der Waals surface area contributed by atoms with E-state index in [1.165, 1.54) is 12.5 Å². The number of ether oxygens (including phenoxy) is 1. The van der Waals surface area contributed by atoms with E-state index in [9.17, 15) is 4.79 Å². The Morgan fingerprint density at radius 3 is 2.79 bits per heavy atom. The van der Waals surface area contributed by atoms with Crippen LogP contribution >= 0.6 is 0 Å². The van der Waals surface area contributed by atoms with Crippen molar-refractivity contribution < 1.29 is 13.9 Å². The Labute approximate surface area is 113 Å². The molecule has 1 aromatic rings. The Morgan fingerprint density at radius 2 is 2.16 bits per heavy atom. The zero-order chi connectivity index (χ0) is 13.7. The molecule has 1 aromatic heterocycles. The molecule has 0 aromatic carbocycles. The molecule has 2 heterocycles. The first-order valence-electron chi connectivity index (χ1n) is 6.83. The minimum absolute atomic E-state index is 0.0718. The molecule has 2 unspecified atom stereocenters. The molecule has 19 heavy (non-hydrogen) atoms. The van der Waals surface area contributed by atoms with Gasteiger partial charge in [0.25, 0.3) is 5.91 Å². The van der Waals surface area contributed by atoms with E-state index in [1.54, 1.807) is 6.07 Å². The average molecular weight is 266 g/mol. The summed E-state index contributed by atoms with van der Waals surface area (Å²) in [5.41, 5.74) is 0.577. The molecule has 1 aliphatic rings. The lowest BCUT2D eigenvalue weighted by atomic mass is 10.2. The molecular weight excluding hydrogens is 244 g/mol. The van der Waals surface area contributed by atoms with Gasteiger partial charge in [0.2, 0.25) is 0 Å². The Balaban J connectivity index is 1.63. The third-order valence-electron chi connectivity index (χ3n) is 3.22. The summed E-state index contributed by atoms with van der Waals surface area (Å²) < 4.78 is 10.6. The van der Waals surface area contributed by atoms with Crippen molar-refractivity contribution in [3.8, 4) is 0 Å². The molecule has 0 radical (unpaired) electrons. The molecular formula is C14H22N2O3. The molecule has 5 heteroatoms. The van der Waals surface area contributed by atoms with Crippen LogP contribution in [0.3, 0.4) is 0 Å². The van der Waals surface area contributed by atoms with Crippen molar-refractivity contribution in [2.75, 3.05) is 26.2 Å². The van der Waals surface area contributed by atoms with Crippen LogP contribution in [0.25, 0.3) is 0 Å². The van der Waals surface area contributed by atoms with Crippen LogP contribution in [0.1, 0.15) is 30.6 Å². The van der Waals surface area contributed by atoms with Crippen LogP contribution in [-0.4, -0.2) is 49.2 Å². The molecule has 2 atom stereocenters. The van der Waals surface area contributed by atoms with Crippen molar-refractivity contribution in [1.82, 2.24) is 10.2 Å². The Kier molecular flexibility index (Phi) is 4.99. The quantitative estimate of drug-likeness (QED) is 0.821. The van der Waals surface area contributed by atoms with Crippen LogP contribution in [0.5, 0.6) is 0 Å². The second-order valence-electron chi connectivity index (χ2n) is 5.14. The molecule has 2 rings (SSSR count). The summed E-state index contributed by atoms with van der Waals surface area (Å²) in [5, 5.41) is 2.89. The number of amides is 1. The van der Waals surface area contributed by atoms with Crippen LogP contribution in [0.15, 0.2) is 23.0 Å². The van der Waals surface area contributed by atoms with Gasteiger partial charge in [0.1, 0.15) is 6.26 Å². The largest absolute Gasteiger partial charge is 0.472 e. The molecule has 1 fully saturated rings. The van der Waals surface area contributed by atoms with Crippen molar-refractivity contribution in [2.45, 2.75) is 32.5 Å². The molecule has 0 spiro atoms. The maximum Gasteiger partial charge on any atom is 0.254 e. The van der Waals surface area contributed by atoms with Gasteiger partial charge in [0, 0.05) is 26.2 Å². The van der Waals surface area contributed by atoms with Gasteiger partial charge in [-0.25, -0.2) is 0 Å². The predicted molar refractivity (Wildman–Crippen MR) is 72.1 cm³/mol. The summed E-state index contributed by atoms with van der Waals surface area (Å²) in [5.74, 6) is -0.0718. The topological polar surface area (TPSA) is 54.7 Å². The van der Waals surface area contributed by atoms with Crippen LogP contribution in [0.4, 0.5) is 0 Å². The fourth-order valence-corrected chi connectivity index (χ4v) is 2.47. The fourth-order valence-electron chi connectivity index (χ4n) is 2.47. The van der Waals surface area contributed by atoms with E-state index in [0.717, 1.165) is 26.1 Å². The van der Waals surface area contributed by atoms with Crippen molar-refractivity contribution in [3.63, 3.8) is 0 Å². The molecule has 0 saturated carbocycles. The zero-order valence-corrected chi connectivity index (χ0v) is 11.6. The number of carbonyl (C=O) groups excluding carboxylic acids is 1. The number of hydrogen-bond donors (Lipinski definition) is 1. The van der Waals surface area contributed by atoms with Gasteiger partial charge in [-0.3, -0.25) is 9.69 Å². The van der Waals surface area contributed by atoms with Crippen molar-refractivity contribution >= 4 is 5.91 Å². The summed E-state index contributed by atoms with van der Waals surface area (Å²) in [4.78, 5) is 14.0.